The number of hydrogen-bond donors (Lipinski definition) is 27. The summed E-state index contributed by atoms with van der Waals surface area (Å²) in [5.41, 5.74) is 19.3. The normalized spacial score (nSPS) is 18.0. The maximum Gasteiger partial charge on any atom is 0.320 e. The van der Waals surface area contributed by atoms with Gasteiger partial charge in [0.2, 0.25) is 94.4 Å². The van der Waals surface area contributed by atoms with E-state index in [2.05, 4.69) is 92.1 Å². The number of aliphatic hydroxyl groups excluding tert-OH is 19. The number of rotatable bonds is 72. The Morgan fingerprint density at radius 3 is 1.49 bits per heavy atom. The van der Waals surface area contributed by atoms with Gasteiger partial charge >= 0.3 is 5.97 Å². The SMILES string of the molecule is CCCCCCCCCC(O)=NCCCC[C@H](N=C(O)[C@H](CCCCN)N=C(O)[C@H](CCCCN)N=C(O)[C@@H]1CCCN1C(=O)CN=C(O)[C@H](CC(C)C)N=C(O)[C@H](CC(C)C)N=C(O)[C@H](Cc1ccc(O)cc1)N=C(O)CN=C(O)[C@H](C)N=C(O)[C@H](CO)N=C(O)[C@H](CC(=N)O)N=C(O)[C@H](CC(C)C)N=C(O)[C@@H](N=C(O)[C@H](Cc1c[nH]c2ccccc12)OC(=O)CNC)[C@@H](C)O)C(O)=N[C@@H](CCCCN)C(=N)O. The van der Waals surface area contributed by atoms with E-state index < -0.39 is 223 Å². The van der Waals surface area contributed by atoms with Crippen LogP contribution in [0, 0.1) is 28.6 Å². The maximum atomic E-state index is 14.3. The van der Waals surface area contributed by atoms with E-state index in [0.717, 1.165) is 43.0 Å². The van der Waals surface area contributed by atoms with Crippen molar-refractivity contribution in [2.75, 3.05) is 66.0 Å². The number of para-hydroxylation sites is 1. The van der Waals surface area contributed by atoms with Gasteiger partial charge in [-0.25, -0.2) is 69.9 Å². The lowest BCUT2D eigenvalue weighted by molar-refractivity contribution is -0.145. The van der Waals surface area contributed by atoms with Crippen molar-refractivity contribution in [3.05, 3.63) is 65.9 Å². The fourth-order valence-corrected chi connectivity index (χ4v) is 15.4. The van der Waals surface area contributed by atoms with Crippen LogP contribution in [-0.4, -0.2) is 381 Å². The van der Waals surface area contributed by atoms with Gasteiger partial charge in [-0.05, 0) is 203 Å². The Bertz CT molecular complexity index is 4890. The Labute approximate surface area is 841 Å². The number of nitrogens with zero attached hydrogens (tertiary/aromatic N) is 16. The van der Waals surface area contributed by atoms with E-state index >= 15 is 0 Å². The number of phenols is 1. The summed E-state index contributed by atoms with van der Waals surface area (Å²) < 4.78 is 5.58. The molecule has 144 heavy (non-hydrogen) atoms. The van der Waals surface area contributed by atoms with E-state index in [1.54, 1.807) is 65.9 Å². The van der Waals surface area contributed by atoms with Crippen LogP contribution in [0.4, 0.5) is 0 Å². The van der Waals surface area contributed by atoms with E-state index in [-0.39, 0.29) is 126 Å². The topological polar surface area (TPSA) is 790 Å². The Morgan fingerprint density at radius 1 is 0.486 bits per heavy atom. The first kappa shape index (κ1) is 124. The van der Waals surface area contributed by atoms with Crippen LogP contribution in [0.1, 0.15) is 240 Å². The molecule has 4 rings (SSSR count). The molecule has 1 saturated heterocycles. The van der Waals surface area contributed by atoms with E-state index in [1.807, 2.05) is 6.07 Å². The molecule has 46 nitrogen and oxygen atoms in total. The van der Waals surface area contributed by atoms with Crippen LogP contribution in [0.3, 0.4) is 0 Å². The highest BCUT2D eigenvalue weighted by Crippen LogP contribution is 2.27. The van der Waals surface area contributed by atoms with Gasteiger partial charge in [0.15, 0.2) is 30.0 Å². The quantitative estimate of drug-likeness (QED) is 0.0108. The highest BCUT2D eigenvalue weighted by atomic mass is 16.6. The number of ether oxygens (including phenoxy) is 1. The number of aliphatic imine (C=N–C) groups is 15. The largest absolute Gasteiger partial charge is 0.508 e. The molecule has 3 aromatic rings. The highest BCUT2D eigenvalue weighted by molar-refractivity contribution is 5.97. The first-order valence-corrected chi connectivity index (χ1v) is 49.8. The number of benzene rings is 2. The van der Waals surface area contributed by atoms with Crippen LogP contribution in [0.15, 0.2) is 130 Å². The fraction of sp³-hybridized carbons (Fsp3) is 0.663. The van der Waals surface area contributed by atoms with E-state index in [9.17, 15) is 112 Å². The van der Waals surface area contributed by atoms with Crippen LogP contribution in [0.5, 0.6) is 5.75 Å². The van der Waals surface area contributed by atoms with Gasteiger partial charge in [-0.3, -0.25) is 25.4 Å². The molecule has 1 aromatic heterocycles. The highest BCUT2D eigenvalue weighted by Gasteiger charge is 2.37. The zero-order chi connectivity index (χ0) is 107. The molecule has 0 unspecified atom stereocenters. The third kappa shape index (κ3) is 46.5. The lowest BCUT2D eigenvalue weighted by Crippen LogP contribution is -2.42. The zero-order valence-corrected chi connectivity index (χ0v) is 84.8. The van der Waals surface area contributed by atoms with Gasteiger partial charge in [0, 0.05) is 49.5 Å². The summed E-state index contributed by atoms with van der Waals surface area (Å²) in [6, 6.07) is -5.79. The average molecular weight is 2030 g/mol. The minimum Gasteiger partial charge on any atom is -0.508 e. The van der Waals surface area contributed by atoms with Gasteiger partial charge in [-0.15, -0.1) is 0 Å². The van der Waals surface area contributed by atoms with Crippen LogP contribution < -0.4 is 22.5 Å². The number of fused-ring (bicyclic) bond motifs is 1. The molecule has 1 aliphatic heterocycles. The number of carbonyl (C=O) groups excluding carboxylic acids is 2. The number of esters is 1. The Hall–Kier alpha value is -12.5. The molecule has 0 aliphatic carbocycles. The number of aromatic nitrogens is 1. The summed E-state index contributed by atoms with van der Waals surface area (Å²) in [4.78, 5) is 95.3. The van der Waals surface area contributed by atoms with Gasteiger partial charge in [-0.1, -0.05) is 117 Å². The number of H-pyrrole nitrogens is 1. The van der Waals surface area contributed by atoms with Crippen molar-refractivity contribution >= 4 is 123 Å². The lowest BCUT2D eigenvalue weighted by atomic mass is 10.0. The first-order valence-electron chi connectivity index (χ1n) is 49.8. The van der Waals surface area contributed by atoms with Gasteiger partial charge in [0.25, 0.3) is 0 Å². The third-order valence-corrected chi connectivity index (χ3v) is 23.2. The van der Waals surface area contributed by atoms with E-state index in [0.29, 0.717) is 81.9 Å². The minimum atomic E-state index is -1.87. The summed E-state index contributed by atoms with van der Waals surface area (Å²) in [5, 5.41) is 245. The van der Waals surface area contributed by atoms with Crippen molar-refractivity contribution in [2.24, 2.45) is 110 Å². The maximum absolute atomic E-state index is 14.3. The lowest BCUT2D eigenvalue weighted by Gasteiger charge is -2.24. The van der Waals surface area contributed by atoms with Gasteiger partial charge < -0.3 is 139 Å². The molecule has 0 bridgehead atoms. The van der Waals surface area contributed by atoms with E-state index in [1.165, 1.54) is 62.9 Å². The summed E-state index contributed by atoms with van der Waals surface area (Å²) in [6.45, 7) is 13.5. The van der Waals surface area contributed by atoms with Crippen LogP contribution in [0.2, 0.25) is 0 Å². The first-order chi connectivity index (χ1) is 68.5. The molecular weight excluding hydrogens is 1870 g/mol. The van der Waals surface area contributed by atoms with Crippen molar-refractivity contribution in [1.29, 1.82) is 10.8 Å². The molecule has 15 atom stereocenters. The molecule has 806 valence electrons. The predicted molar refractivity (Wildman–Crippen MR) is 567 cm³/mol. The second-order valence-electron chi connectivity index (χ2n) is 37.1. The summed E-state index contributed by atoms with van der Waals surface area (Å²) in [7, 11) is 1.50. The molecule has 0 radical (unpaired) electrons. The second-order valence-corrected chi connectivity index (χ2v) is 37.1. The molecule has 1 fully saturated rings. The molecule has 0 saturated carbocycles. The predicted octanol–water partition coefficient (Wildman–Crippen LogP) is 12.2. The average Bonchev–Trinajstić information content (AvgIpc) is 1.77. The number of unbranched alkanes of at least 4 members (excludes halogenated alkanes) is 10. The van der Waals surface area contributed by atoms with Crippen LogP contribution in [0.25, 0.3) is 10.9 Å². The molecule has 46 heteroatoms. The summed E-state index contributed by atoms with van der Waals surface area (Å²) in [5.74, 6) is -15.3. The number of nitrogens with one attached hydrogen (secondary N) is 4. The fourth-order valence-electron chi connectivity index (χ4n) is 15.4. The Morgan fingerprint density at radius 2 is 0.958 bits per heavy atom. The number of phenolic OH excluding ortho intramolecular Hbond substituents is 1. The van der Waals surface area contributed by atoms with E-state index in [4.69, 9.17) is 32.8 Å². The molecule has 2 aromatic carbocycles. The van der Waals surface area contributed by atoms with Crippen molar-refractivity contribution in [3.63, 3.8) is 0 Å². The van der Waals surface area contributed by atoms with Crippen molar-refractivity contribution in [3.8, 4) is 5.75 Å². The number of aromatic hydroxyl groups is 1. The molecule has 0 spiro atoms. The Kier molecular flexibility index (Phi) is 57.7. The smallest absolute Gasteiger partial charge is 0.320 e. The number of amides is 1. The molecule has 2 heterocycles. The summed E-state index contributed by atoms with van der Waals surface area (Å²) in [6.07, 6.45) is 9.91. The monoisotopic (exact) mass is 2030 g/mol. The van der Waals surface area contributed by atoms with Gasteiger partial charge in [0.1, 0.15) is 85.3 Å². The summed E-state index contributed by atoms with van der Waals surface area (Å²) >= 11 is 0. The third-order valence-electron chi connectivity index (χ3n) is 23.2. The van der Waals surface area contributed by atoms with Gasteiger partial charge in [0.05, 0.1) is 25.7 Å². The zero-order valence-electron chi connectivity index (χ0n) is 84.8. The molecule has 1 amide bonds. The number of nitrogens with two attached hydrogens (primary N) is 3. The number of aromatic amines is 1. The minimum absolute atomic E-state index is 0.00793. The molecular formula is C98H161N23O23. The second kappa shape index (κ2) is 67.1. The van der Waals surface area contributed by atoms with Crippen LogP contribution >= 0.6 is 0 Å². The number of likely N-dealkylation sites (tertiary alicyclic amines) is 1. The Balaban J connectivity index is 1.66. The molecule has 1 aliphatic rings. The number of carbonyl (C=O) groups is 2. The van der Waals surface area contributed by atoms with Crippen molar-refractivity contribution in [1.82, 2.24) is 15.2 Å². The number of aliphatic hydroxyl groups is 19. The van der Waals surface area contributed by atoms with Gasteiger partial charge in [-0.2, -0.15) is 0 Å². The van der Waals surface area contributed by atoms with Crippen molar-refractivity contribution in [2.45, 2.75) is 333 Å². The van der Waals surface area contributed by atoms with Crippen molar-refractivity contribution < 1.29 is 116 Å². The standard InChI is InChI=1S/C98H161N23O23/c1-11-12-13-14-15-16-17-36-80(126)105-44-27-23-34-69(88(133)111-67(85(103)130)31-20-24-41-99)113-89(134)68(32-21-25-42-100)112-90(135)70(33-22-26-43-101)114-96(141)77-35-28-45-121(77)82(128)54-108-87(132)71(46-57(2)3)115-91(136)72(47-58(4)5)116-93(138)74(49-62-37-39-64(124)40-38-62)110-81(127)53-107-86(131)60(8)109-95(140)76(56-122)119-94(139)75(51-79(102)125)117-92(137)73(48-59(6)7)118-98(143)84(61(9)123)120-97(142)78(144-83(129)55-104-10)50-63-52-106-66-30-19-18-29-65(63)66/h18-19,29-30,37-40,52,57-61,67-78,84,104,106,122-124H,11-17,20-28,31-36,41-51,53-56,99-101H2,1-10H3,(H2,102,125)(H2,103,130)(H,105,126)(H,107,131)(H,108,132)(H,109,140)(H,110,127)(H,111,133)(H,112,135)(H,113,134)(H,114,141)(H,115,136)(H,116,138)(H,117,137)(H,118,143)(H,119,139)(H,120,142)/t60-,61+,67-,68-,69-,70-,71-,72-,73-,74-,75-,76-,77-,78-,84-/m0/s1. The number of hydrogen-bond acceptors (Lipinski definition) is 27. The van der Waals surface area contributed by atoms with Crippen LogP contribution in [-0.2, 0) is 27.2 Å². The number of likely N-dealkylation sites (N-methyl/N-ethyl adjacent to an activating group) is 1. The molecule has 30 N–H and O–H groups in total.